The number of alkyl halides is 3. The van der Waals surface area contributed by atoms with Crippen LogP contribution in [0.1, 0.15) is 36.5 Å². The van der Waals surface area contributed by atoms with Gasteiger partial charge in [-0.1, -0.05) is 24.4 Å². The first kappa shape index (κ1) is 16.1. The Morgan fingerprint density at radius 1 is 1.10 bits per heavy atom. The Kier molecular flexibility index (Phi) is 4.72. The van der Waals surface area contributed by atoms with Gasteiger partial charge in [-0.2, -0.15) is 0 Å². The van der Waals surface area contributed by atoms with Gasteiger partial charge in [-0.05, 0) is 25.0 Å². The molecule has 1 atom stereocenters. The fourth-order valence-electron chi connectivity index (χ4n) is 2.90. The highest BCUT2D eigenvalue weighted by molar-refractivity contribution is 7.38. The van der Waals surface area contributed by atoms with E-state index in [4.69, 9.17) is 11.6 Å². The van der Waals surface area contributed by atoms with E-state index in [1.165, 1.54) is 6.07 Å². The number of rotatable bonds is 1. The van der Waals surface area contributed by atoms with Gasteiger partial charge in [0.2, 0.25) is 0 Å². The molecule has 0 radical (unpaired) electrons. The molecule has 0 nitrogen and oxygen atoms in total. The van der Waals surface area contributed by atoms with Gasteiger partial charge in [-0.25, -0.2) is 0 Å². The summed E-state index contributed by atoms with van der Waals surface area (Å²) in [6.07, 6.45) is 3.84. The fraction of sp³-hybridized carbons (Fsp3) is 0.429. The lowest BCUT2D eigenvalue weighted by Crippen LogP contribution is -3.00. The molecule has 1 unspecified atom stereocenters. The van der Waals surface area contributed by atoms with Crippen molar-refractivity contribution in [2.45, 2.75) is 37.1 Å². The van der Waals surface area contributed by atoms with Crippen LogP contribution in [0.25, 0.3) is 10.1 Å². The van der Waals surface area contributed by atoms with Gasteiger partial charge in [0.1, 0.15) is 0 Å². The first-order valence-electron chi connectivity index (χ1n) is 6.29. The summed E-state index contributed by atoms with van der Waals surface area (Å²) < 4.78 is 40.6. The van der Waals surface area contributed by atoms with Gasteiger partial charge in [-0.15, -0.1) is 13.2 Å². The highest BCUT2D eigenvalue weighted by atomic mass is 79.9. The largest absolute Gasteiger partial charge is 1.00 e. The highest BCUT2D eigenvalue weighted by Gasteiger charge is 2.49. The van der Waals surface area contributed by atoms with E-state index in [1.807, 2.05) is 0 Å². The van der Waals surface area contributed by atoms with Crippen molar-refractivity contribution in [1.82, 2.24) is 0 Å². The number of halogens is 5. The Hall–Kier alpha value is -0.260. The van der Waals surface area contributed by atoms with Crippen LogP contribution in [-0.4, -0.2) is 0 Å². The molecule has 1 heterocycles. The van der Waals surface area contributed by atoms with Crippen molar-refractivity contribution in [3.8, 4) is 0 Å². The smallest absolute Gasteiger partial charge is 0.600 e. The summed E-state index contributed by atoms with van der Waals surface area (Å²) >= 11 is 5.86. The van der Waals surface area contributed by atoms with Crippen molar-refractivity contribution in [1.29, 1.82) is 0 Å². The molecule has 0 saturated heterocycles. The fourth-order valence-corrected chi connectivity index (χ4v) is 5.33. The molecule has 1 aliphatic rings. The molecule has 1 saturated carbocycles. The van der Waals surface area contributed by atoms with Crippen molar-refractivity contribution < 1.29 is 30.2 Å². The molecule has 1 aromatic heterocycles. The Morgan fingerprint density at radius 2 is 1.75 bits per heavy atom. The monoisotopic (exact) mass is 384 g/mol. The van der Waals surface area contributed by atoms with Gasteiger partial charge in [0.05, 0.1) is 10.5 Å². The quantitative estimate of drug-likeness (QED) is 0.660. The minimum atomic E-state index is -4.20. The first-order valence-corrected chi connectivity index (χ1v) is 7.89. The summed E-state index contributed by atoms with van der Waals surface area (Å²) in [4.78, 5) is 0.572. The third kappa shape index (κ3) is 2.85. The van der Waals surface area contributed by atoms with Crippen LogP contribution in [-0.2, 0) is 5.51 Å². The molecule has 2 aromatic rings. The number of hydrogen-bond acceptors (Lipinski definition) is 0. The first-order chi connectivity index (χ1) is 8.97. The molecule has 0 N–H and O–H groups in total. The van der Waals surface area contributed by atoms with Gasteiger partial charge in [-0.3, -0.25) is 0 Å². The summed E-state index contributed by atoms with van der Waals surface area (Å²) in [5.41, 5.74) is -4.20. The molecule has 110 valence electrons. The number of hydrogen-bond donors (Lipinski definition) is 0. The second-order valence-electron chi connectivity index (χ2n) is 4.96. The third-order valence-corrected chi connectivity index (χ3v) is 6.13. The standard InChI is InChI=1S/C14H13ClF3S.BrH/c15-11-6-5-10-7-12(9-3-1-2-4-9)19(13(10)8-11)14(16,17)18;/h5-9H,1-4H2;1H/q+1;/p-1. The summed E-state index contributed by atoms with van der Waals surface area (Å²) in [5, 5.41) is 1.06. The second-order valence-corrected chi connectivity index (χ2v) is 7.39. The molecule has 1 fully saturated rings. The van der Waals surface area contributed by atoms with Crippen LogP contribution in [0.5, 0.6) is 0 Å². The lowest BCUT2D eigenvalue weighted by Gasteiger charge is -2.05. The third-order valence-electron chi connectivity index (χ3n) is 3.72. The molecule has 0 bridgehead atoms. The zero-order valence-corrected chi connectivity index (χ0v) is 13.7. The van der Waals surface area contributed by atoms with E-state index in [2.05, 4.69) is 0 Å². The predicted molar refractivity (Wildman–Crippen MR) is 73.9 cm³/mol. The minimum absolute atomic E-state index is 0. The zero-order valence-electron chi connectivity index (χ0n) is 10.5. The Labute approximate surface area is 133 Å². The number of thiophene rings is 1. The van der Waals surface area contributed by atoms with Crippen molar-refractivity contribution in [2.24, 2.45) is 0 Å². The average Bonchev–Trinajstić information content (AvgIpc) is 2.92. The van der Waals surface area contributed by atoms with E-state index in [1.54, 1.807) is 18.2 Å². The Bertz CT molecular complexity index is 615. The summed E-state index contributed by atoms with van der Waals surface area (Å²) in [5.74, 6) is 0.0936. The van der Waals surface area contributed by atoms with E-state index < -0.39 is 16.0 Å². The SMILES string of the molecule is FC(F)(F)[s+]1c(C2CCCC2)cc2ccc(Cl)cc21.[Br-]. The van der Waals surface area contributed by atoms with E-state index in [0.29, 0.717) is 20.0 Å². The molecule has 3 rings (SSSR count). The molecule has 0 spiro atoms. The maximum atomic E-state index is 13.4. The number of benzene rings is 1. The molecule has 1 aromatic carbocycles. The van der Waals surface area contributed by atoms with Gasteiger partial charge in [0.25, 0.3) is 0 Å². The molecule has 6 heteroatoms. The van der Waals surface area contributed by atoms with Crippen LogP contribution in [0.3, 0.4) is 0 Å². The Morgan fingerprint density at radius 3 is 2.35 bits per heavy atom. The van der Waals surface area contributed by atoms with Crippen LogP contribution >= 0.6 is 22.1 Å². The lowest BCUT2D eigenvalue weighted by molar-refractivity contribution is -0.0868. The molecule has 0 amide bonds. The average molecular weight is 386 g/mol. The van der Waals surface area contributed by atoms with Crippen LogP contribution in [0.2, 0.25) is 5.02 Å². The van der Waals surface area contributed by atoms with Crippen LogP contribution in [0.15, 0.2) is 24.3 Å². The summed E-state index contributed by atoms with van der Waals surface area (Å²) in [6.45, 7) is 0. The minimum Gasteiger partial charge on any atom is -1.00 e. The topological polar surface area (TPSA) is 0 Å². The predicted octanol–water partition coefficient (Wildman–Crippen LogP) is 3.38. The van der Waals surface area contributed by atoms with E-state index >= 15 is 0 Å². The molecular formula is C14H13BrClF3S. The van der Waals surface area contributed by atoms with Gasteiger partial charge in [0, 0.05) is 28.5 Å². The molecule has 1 aliphatic carbocycles. The molecule has 0 aliphatic heterocycles. The van der Waals surface area contributed by atoms with E-state index in [9.17, 15) is 13.2 Å². The Balaban J connectivity index is 0.00000147. The zero-order chi connectivity index (χ0) is 13.6. The van der Waals surface area contributed by atoms with Crippen LogP contribution in [0.4, 0.5) is 13.2 Å². The van der Waals surface area contributed by atoms with Crippen molar-refractivity contribution in [2.75, 3.05) is 0 Å². The van der Waals surface area contributed by atoms with E-state index in [0.717, 1.165) is 25.7 Å². The summed E-state index contributed by atoms with van der Waals surface area (Å²) in [7, 11) is -1.78. The second kappa shape index (κ2) is 5.85. The maximum absolute atomic E-state index is 13.4. The number of fused-ring (bicyclic) bond motifs is 1. The van der Waals surface area contributed by atoms with Crippen LogP contribution in [0, 0.1) is 0 Å². The lowest BCUT2D eigenvalue weighted by atomic mass is 10.1. The van der Waals surface area contributed by atoms with Crippen molar-refractivity contribution in [3.63, 3.8) is 0 Å². The van der Waals surface area contributed by atoms with Gasteiger partial charge < -0.3 is 17.0 Å². The normalized spacial score (nSPS) is 17.5. The molecular weight excluding hydrogens is 373 g/mol. The highest BCUT2D eigenvalue weighted by Crippen LogP contribution is 2.55. The van der Waals surface area contributed by atoms with Crippen molar-refractivity contribution >= 4 is 32.2 Å². The summed E-state index contributed by atoms with van der Waals surface area (Å²) in [6, 6.07) is 6.59. The molecule has 20 heavy (non-hydrogen) atoms. The van der Waals surface area contributed by atoms with Gasteiger partial charge in [0.15, 0.2) is 9.58 Å². The van der Waals surface area contributed by atoms with Crippen molar-refractivity contribution in [3.05, 3.63) is 34.2 Å². The van der Waals surface area contributed by atoms with Gasteiger partial charge >= 0.3 is 5.51 Å². The van der Waals surface area contributed by atoms with Crippen LogP contribution < -0.4 is 17.0 Å². The van der Waals surface area contributed by atoms with E-state index in [-0.39, 0.29) is 22.9 Å². The maximum Gasteiger partial charge on any atom is 0.600 e.